The molecule has 4 nitrogen and oxygen atoms in total. The summed E-state index contributed by atoms with van der Waals surface area (Å²) in [5, 5.41) is 2.93. The van der Waals surface area contributed by atoms with Gasteiger partial charge in [0, 0.05) is 11.3 Å². The van der Waals surface area contributed by atoms with Crippen LogP contribution in [0.25, 0.3) is 11.3 Å². The van der Waals surface area contributed by atoms with Crippen LogP contribution in [0, 0.1) is 5.82 Å². The molecule has 122 valence electrons. The molecular formula is C17H11Cl2FN2O2. The highest BCUT2D eigenvalue weighted by atomic mass is 35.5. The van der Waals surface area contributed by atoms with E-state index in [1.165, 1.54) is 30.3 Å². The zero-order valence-electron chi connectivity index (χ0n) is 12.1. The van der Waals surface area contributed by atoms with Gasteiger partial charge in [-0.3, -0.25) is 4.79 Å². The number of rotatable bonds is 3. The number of hydrogen-bond acceptors (Lipinski definition) is 3. The van der Waals surface area contributed by atoms with Crippen molar-refractivity contribution in [2.75, 3.05) is 11.1 Å². The minimum absolute atomic E-state index is 0.0245. The highest BCUT2D eigenvalue weighted by molar-refractivity contribution is 6.34. The molecule has 3 N–H and O–H groups in total. The number of carbonyl (C=O) groups excluding carboxylic acids is 1. The van der Waals surface area contributed by atoms with Crippen molar-refractivity contribution >= 4 is 40.5 Å². The fourth-order valence-electron chi connectivity index (χ4n) is 2.08. The van der Waals surface area contributed by atoms with Crippen molar-refractivity contribution in [3.05, 3.63) is 70.2 Å². The number of nitrogens with one attached hydrogen (secondary N) is 1. The quantitative estimate of drug-likeness (QED) is 0.625. The molecule has 0 saturated heterocycles. The van der Waals surface area contributed by atoms with Crippen molar-refractivity contribution in [2.45, 2.75) is 0 Å². The van der Waals surface area contributed by atoms with Gasteiger partial charge in [-0.25, -0.2) is 4.39 Å². The molecule has 0 aliphatic heterocycles. The molecule has 0 atom stereocenters. The predicted octanol–water partition coefficient (Wildman–Crippen LogP) is 5.23. The molecule has 2 aromatic carbocycles. The molecule has 24 heavy (non-hydrogen) atoms. The van der Waals surface area contributed by atoms with Crippen LogP contribution in [0.1, 0.15) is 10.6 Å². The molecule has 0 saturated carbocycles. The average Bonchev–Trinajstić information content (AvgIpc) is 3.03. The summed E-state index contributed by atoms with van der Waals surface area (Å²) in [5.74, 6) is -0.521. The maximum absolute atomic E-state index is 13.2. The molecule has 3 aromatic rings. The molecule has 1 heterocycles. The number of benzene rings is 2. The smallest absolute Gasteiger partial charge is 0.291 e. The molecule has 0 spiro atoms. The van der Waals surface area contributed by atoms with E-state index in [-0.39, 0.29) is 10.8 Å². The van der Waals surface area contributed by atoms with Gasteiger partial charge in [0.15, 0.2) is 5.76 Å². The van der Waals surface area contributed by atoms with Gasteiger partial charge in [0.2, 0.25) is 0 Å². The van der Waals surface area contributed by atoms with Gasteiger partial charge in [-0.05, 0) is 48.5 Å². The van der Waals surface area contributed by atoms with Crippen molar-refractivity contribution in [3.63, 3.8) is 0 Å². The zero-order valence-corrected chi connectivity index (χ0v) is 13.7. The largest absolute Gasteiger partial charge is 0.451 e. The second-order valence-corrected chi connectivity index (χ2v) is 5.80. The summed E-state index contributed by atoms with van der Waals surface area (Å²) in [6, 6.07) is 12.0. The summed E-state index contributed by atoms with van der Waals surface area (Å²) in [7, 11) is 0. The van der Waals surface area contributed by atoms with Crippen LogP contribution in [0.15, 0.2) is 52.9 Å². The summed E-state index contributed by atoms with van der Waals surface area (Å²) in [5.41, 5.74) is 7.08. The van der Waals surface area contributed by atoms with Gasteiger partial charge in [-0.2, -0.15) is 0 Å². The number of nitrogens with two attached hydrogens (primary N) is 1. The Morgan fingerprint density at radius 1 is 1.04 bits per heavy atom. The third-order valence-corrected chi connectivity index (χ3v) is 3.88. The highest BCUT2D eigenvalue weighted by Gasteiger charge is 2.14. The third kappa shape index (κ3) is 3.37. The molecule has 0 fully saturated rings. The van der Waals surface area contributed by atoms with Crippen LogP contribution in [-0.4, -0.2) is 5.91 Å². The summed E-state index contributed by atoms with van der Waals surface area (Å²) < 4.78 is 18.7. The number of hydrogen-bond donors (Lipinski definition) is 2. The SMILES string of the molecule is Nc1ccc(NC(=O)c2ccc(-c3ccc(F)c(Cl)c3)o2)c(Cl)c1. The number of carbonyl (C=O) groups is 1. The van der Waals surface area contributed by atoms with E-state index in [1.54, 1.807) is 18.2 Å². The molecule has 0 aliphatic rings. The predicted molar refractivity (Wildman–Crippen MR) is 92.9 cm³/mol. The number of anilines is 2. The van der Waals surface area contributed by atoms with Gasteiger partial charge in [0.05, 0.1) is 15.7 Å². The van der Waals surface area contributed by atoms with Crippen LogP contribution in [-0.2, 0) is 0 Å². The standard InChI is InChI=1S/C17H11Cl2FN2O2/c18-11-7-9(1-3-13(11)20)15-5-6-16(24-15)17(23)22-14-4-2-10(21)8-12(14)19/h1-8H,21H2,(H,22,23). The second kappa shape index (κ2) is 6.55. The van der Waals surface area contributed by atoms with Crippen LogP contribution >= 0.6 is 23.2 Å². The van der Waals surface area contributed by atoms with E-state index < -0.39 is 11.7 Å². The molecular weight excluding hydrogens is 354 g/mol. The second-order valence-electron chi connectivity index (χ2n) is 4.99. The zero-order chi connectivity index (χ0) is 17.3. The lowest BCUT2D eigenvalue weighted by Crippen LogP contribution is -2.11. The topological polar surface area (TPSA) is 68.3 Å². The van der Waals surface area contributed by atoms with Gasteiger partial charge in [0.1, 0.15) is 11.6 Å². The van der Waals surface area contributed by atoms with Crippen molar-refractivity contribution < 1.29 is 13.6 Å². The lowest BCUT2D eigenvalue weighted by molar-refractivity contribution is 0.0997. The van der Waals surface area contributed by atoms with Crippen LogP contribution < -0.4 is 11.1 Å². The van der Waals surface area contributed by atoms with Crippen molar-refractivity contribution in [2.24, 2.45) is 0 Å². The van der Waals surface area contributed by atoms with E-state index in [1.807, 2.05) is 0 Å². The van der Waals surface area contributed by atoms with Crippen molar-refractivity contribution in [3.8, 4) is 11.3 Å². The Balaban J connectivity index is 1.82. The molecule has 0 bridgehead atoms. The first-order chi connectivity index (χ1) is 11.4. The Kier molecular flexibility index (Phi) is 4.46. The molecule has 3 rings (SSSR count). The van der Waals surface area contributed by atoms with Gasteiger partial charge >= 0.3 is 0 Å². The number of halogens is 3. The van der Waals surface area contributed by atoms with E-state index in [0.29, 0.717) is 27.7 Å². The number of amides is 1. The van der Waals surface area contributed by atoms with Crippen molar-refractivity contribution in [1.29, 1.82) is 0 Å². The monoisotopic (exact) mass is 364 g/mol. The molecule has 0 aliphatic carbocycles. The van der Waals surface area contributed by atoms with Gasteiger partial charge < -0.3 is 15.5 Å². The summed E-state index contributed by atoms with van der Waals surface area (Å²) >= 11 is 11.8. The van der Waals surface area contributed by atoms with Crippen LogP contribution in [0.3, 0.4) is 0 Å². The van der Waals surface area contributed by atoms with Gasteiger partial charge in [-0.15, -0.1) is 0 Å². The van der Waals surface area contributed by atoms with E-state index in [0.717, 1.165) is 0 Å². The summed E-state index contributed by atoms with van der Waals surface area (Å²) in [6.45, 7) is 0. The maximum atomic E-state index is 13.2. The van der Waals surface area contributed by atoms with E-state index >= 15 is 0 Å². The minimum atomic E-state index is -0.525. The van der Waals surface area contributed by atoms with E-state index in [2.05, 4.69) is 5.32 Å². The molecule has 0 radical (unpaired) electrons. The third-order valence-electron chi connectivity index (χ3n) is 3.28. The Labute approximate surface area is 147 Å². The molecule has 0 unspecified atom stereocenters. The van der Waals surface area contributed by atoms with E-state index in [9.17, 15) is 9.18 Å². The summed E-state index contributed by atoms with van der Waals surface area (Å²) in [6.07, 6.45) is 0. The lowest BCUT2D eigenvalue weighted by Gasteiger charge is -2.06. The fraction of sp³-hybridized carbons (Fsp3) is 0. The minimum Gasteiger partial charge on any atom is -0.451 e. The van der Waals surface area contributed by atoms with E-state index in [4.69, 9.17) is 33.4 Å². The lowest BCUT2D eigenvalue weighted by atomic mass is 10.2. The Bertz CT molecular complexity index is 925. The molecule has 7 heteroatoms. The van der Waals surface area contributed by atoms with Gasteiger partial charge in [0.25, 0.3) is 5.91 Å². The van der Waals surface area contributed by atoms with Crippen LogP contribution in [0.5, 0.6) is 0 Å². The first-order valence-electron chi connectivity index (χ1n) is 6.85. The average molecular weight is 365 g/mol. The van der Waals surface area contributed by atoms with Crippen LogP contribution in [0.2, 0.25) is 10.0 Å². The molecule has 1 aromatic heterocycles. The first kappa shape index (κ1) is 16.4. The first-order valence-corrected chi connectivity index (χ1v) is 7.61. The van der Waals surface area contributed by atoms with Crippen LogP contribution in [0.4, 0.5) is 15.8 Å². The summed E-state index contributed by atoms with van der Waals surface area (Å²) in [4.78, 5) is 12.2. The van der Waals surface area contributed by atoms with Crippen molar-refractivity contribution in [1.82, 2.24) is 0 Å². The Morgan fingerprint density at radius 3 is 2.54 bits per heavy atom. The number of furan rings is 1. The normalized spacial score (nSPS) is 10.6. The maximum Gasteiger partial charge on any atom is 0.291 e. The molecule has 1 amide bonds. The Hall–Kier alpha value is -2.50. The van der Waals surface area contributed by atoms with Gasteiger partial charge in [-0.1, -0.05) is 23.2 Å². The highest BCUT2D eigenvalue weighted by Crippen LogP contribution is 2.28. The fourth-order valence-corrected chi connectivity index (χ4v) is 2.50. The Morgan fingerprint density at radius 2 is 1.83 bits per heavy atom. The number of nitrogen functional groups attached to an aromatic ring is 1.